The zero-order chi connectivity index (χ0) is 11.5. The van der Waals surface area contributed by atoms with E-state index in [1.807, 2.05) is 18.5 Å². The highest BCUT2D eigenvalue weighted by Gasteiger charge is 2.17. The Hall–Kier alpha value is -0.940. The lowest BCUT2D eigenvalue weighted by Crippen LogP contribution is -2.34. The molecule has 0 atom stereocenters. The summed E-state index contributed by atoms with van der Waals surface area (Å²) in [6.07, 6.45) is 1.55. The quantitative estimate of drug-likeness (QED) is 0.794. The normalized spacial score (nSPS) is 12.4. The van der Waals surface area contributed by atoms with Gasteiger partial charge in [0.15, 0.2) is 5.82 Å². The van der Waals surface area contributed by atoms with E-state index in [1.54, 1.807) is 6.33 Å². The molecule has 0 radical (unpaired) electrons. The summed E-state index contributed by atoms with van der Waals surface area (Å²) in [5.74, 6) is 0.839. The molecule has 0 aliphatic carbocycles. The predicted molar refractivity (Wildman–Crippen MR) is 58.3 cm³/mol. The average Bonchev–Trinajstić information content (AvgIpc) is 2.63. The van der Waals surface area contributed by atoms with Crippen molar-refractivity contribution in [1.29, 1.82) is 0 Å². The van der Waals surface area contributed by atoms with Crippen LogP contribution < -0.4 is 5.73 Å². The molecule has 0 saturated heterocycles. The van der Waals surface area contributed by atoms with Gasteiger partial charge in [0.25, 0.3) is 0 Å². The summed E-state index contributed by atoms with van der Waals surface area (Å²) in [5.41, 5.74) is 5.26. The highest BCUT2D eigenvalue weighted by atomic mass is 16.5. The van der Waals surface area contributed by atoms with E-state index in [2.05, 4.69) is 23.9 Å². The minimum absolute atomic E-state index is 0.298. The molecule has 0 saturated carbocycles. The molecule has 1 aromatic heterocycles. The van der Waals surface area contributed by atoms with E-state index in [9.17, 15) is 0 Å². The van der Waals surface area contributed by atoms with Gasteiger partial charge in [-0.2, -0.15) is 5.10 Å². The van der Waals surface area contributed by atoms with Gasteiger partial charge in [-0.15, -0.1) is 0 Å². The molecule has 1 rings (SSSR count). The number of hydrogen-bond acceptors (Lipinski definition) is 4. The number of ether oxygens (including phenoxy) is 1. The molecule has 15 heavy (non-hydrogen) atoms. The van der Waals surface area contributed by atoms with Crippen LogP contribution in [0.15, 0.2) is 6.33 Å². The Kier molecular flexibility index (Phi) is 3.82. The van der Waals surface area contributed by atoms with Gasteiger partial charge < -0.3 is 10.5 Å². The molecule has 5 nitrogen and oxygen atoms in total. The molecule has 0 aliphatic rings. The van der Waals surface area contributed by atoms with Gasteiger partial charge in [-0.1, -0.05) is 0 Å². The third-order valence-corrected chi connectivity index (χ3v) is 2.22. The molecule has 2 N–H and O–H groups in total. The Bertz CT molecular complexity index is 306. The molecular formula is C10H20N4O. The molecule has 0 amide bonds. The van der Waals surface area contributed by atoms with Crippen LogP contribution in [-0.2, 0) is 11.3 Å². The van der Waals surface area contributed by atoms with E-state index < -0.39 is 0 Å². The van der Waals surface area contributed by atoms with Crippen molar-refractivity contribution >= 4 is 0 Å². The topological polar surface area (TPSA) is 66.0 Å². The Morgan fingerprint density at radius 2 is 2.20 bits per heavy atom. The van der Waals surface area contributed by atoms with Crippen LogP contribution in [-0.4, -0.2) is 26.9 Å². The number of rotatable bonds is 5. The molecule has 0 aromatic carbocycles. The van der Waals surface area contributed by atoms with Crippen LogP contribution in [0.25, 0.3) is 0 Å². The minimum atomic E-state index is -0.312. The maximum atomic E-state index is 5.67. The maximum Gasteiger partial charge on any atom is 0.153 e. The van der Waals surface area contributed by atoms with Crippen molar-refractivity contribution in [2.24, 2.45) is 5.73 Å². The third kappa shape index (κ3) is 3.28. The van der Waals surface area contributed by atoms with Crippen molar-refractivity contribution in [2.45, 2.75) is 45.9 Å². The van der Waals surface area contributed by atoms with E-state index in [0.717, 1.165) is 5.82 Å². The Morgan fingerprint density at radius 3 is 2.73 bits per heavy atom. The first kappa shape index (κ1) is 12.1. The van der Waals surface area contributed by atoms with Gasteiger partial charge in [0.2, 0.25) is 0 Å². The SMILES string of the molecule is CC(C)n1ncnc1COC(C)(C)CN. The summed E-state index contributed by atoms with van der Waals surface area (Å²) < 4.78 is 7.52. The van der Waals surface area contributed by atoms with Crippen molar-refractivity contribution in [1.82, 2.24) is 14.8 Å². The fourth-order valence-corrected chi connectivity index (χ4v) is 1.13. The van der Waals surface area contributed by atoms with Gasteiger partial charge in [0.05, 0.1) is 5.60 Å². The molecule has 0 spiro atoms. The van der Waals surface area contributed by atoms with Crippen LogP contribution in [0.5, 0.6) is 0 Å². The lowest BCUT2D eigenvalue weighted by atomic mass is 10.1. The van der Waals surface area contributed by atoms with Gasteiger partial charge in [-0.25, -0.2) is 9.67 Å². The third-order valence-electron chi connectivity index (χ3n) is 2.22. The molecule has 1 aromatic rings. The second-order valence-electron chi connectivity index (χ2n) is 4.47. The largest absolute Gasteiger partial charge is 0.366 e. The van der Waals surface area contributed by atoms with E-state index in [4.69, 9.17) is 10.5 Å². The van der Waals surface area contributed by atoms with Crippen LogP contribution in [0.1, 0.15) is 39.6 Å². The van der Waals surface area contributed by atoms with Crippen molar-refractivity contribution < 1.29 is 4.74 Å². The molecule has 1 heterocycles. The van der Waals surface area contributed by atoms with Crippen molar-refractivity contribution in [2.75, 3.05) is 6.54 Å². The molecule has 5 heteroatoms. The molecule has 86 valence electrons. The van der Waals surface area contributed by atoms with E-state index in [0.29, 0.717) is 19.2 Å². The number of nitrogens with zero attached hydrogens (tertiary/aromatic N) is 3. The van der Waals surface area contributed by atoms with Crippen LogP contribution in [0.4, 0.5) is 0 Å². The first-order chi connectivity index (χ1) is 6.96. The minimum Gasteiger partial charge on any atom is -0.366 e. The van der Waals surface area contributed by atoms with Crippen molar-refractivity contribution in [3.05, 3.63) is 12.2 Å². The number of nitrogens with two attached hydrogens (primary N) is 1. The maximum absolute atomic E-state index is 5.67. The summed E-state index contributed by atoms with van der Waals surface area (Å²) in [6.45, 7) is 8.98. The summed E-state index contributed by atoms with van der Waals surface area (Å²) >= 11 is 0. The second-order valence-corrected chi connectivity index (χ2v) is 4.47. The zero-order valence-electron chi connectivity index (χ0n) is 9.90. The summed E-state index contributed by atoms with van der Waals surface area (Å²) in [7, 11) is 0. The first-order valence-corrected chi connectivity index (χ1v) is 5.18. The Labute approximate surface area is 90.6 Å². The van der Waals surface area contributed by atoms with Gasteiger partial charge in [-0.05, 0) is 27.7 Å². The standard InChI is InChI=1S/C10H20N4O/c1-8(2)14-9(12-7-13-14)5-15-10(3,4)6-11/h7-8H,5-6,11H2,1-4H3. The fraction of sp³-hybridized carbons (Fsp3) is 0.800. The zero-order valence-corrected chi connectivity index (χ0v) is 9.90. The van der Waals surface area contributed by atoms with Crippen LogP contribution in [0.2, 0.25) is 0 Å². The van der Waals surface area contributed by atoms with E-state index in [1.165, 1.54) is 0 Å². The fourth-order valence-electron chi connectivity index (χ4n) is 1.13. The monoisotopic (exact) mass is 212 g/mol. The van der Waals surface area contributed by atoms with E-state index >= 15 is 0 Å². The van der Waals surface area contributed by atoms with Gasteiger partial charge in [0.1, 0.15) is 12.9 Å². The molecule has 0 bridgehead atoms. The van der Waals surface area contributed by atoms with Crippen molar-refractivity contribution in [3.63, 3.8) is 0 Å². The predicted octanol–water partition coefficient (Wildman–Crippen LogP) is 1.11. The van der Waals surface area contributed by atoms with Crippen molar-refractivity contribution in [3.8, 4) is 0 Å². The van der Waals surface area contributed by atoms with Gasteiger partial charge in [-0.3, -0.25) is 0 Å². The second kappa shape index (κ2) is 4.72. The Balaban J connectivity index is 2.61. The lowest BCUT2D eigenvalue weighted by Gasteiger charge is -2.23. The summed E-state index contributed by atoms with van der Waals surface area (Å²) in [6, 6.07) is 0.298. The molecule has 0 aliphatic heterocycles. The van der Waals surface area contributed by atoms with Gasteiger partial charge >= 0.3 is 0 Å². The van der Waals surface area contributed by atoms with E-state index in [-0.39, 0.29) is 5.60 Å². The molecule has 0 fully saturated rings. The molecule has 0 unspecified atom stereocenters. The number of hydrogen-bond donors (Lipinski definition) is 1. The van der Waals surface area contributed by atoms with Crippen LogP contribution in [0, 0.1) is 0 Å². The Morgan fingerprint density at radius 1 is 1.53 bits per heavy atom. The van der Waals surface area contributed by atoms with Crippen LogP contribution in [0.3, 0.4) is 0 Å². The smallest absolute Gasteiger partial charge is 0.153 e. The molecular weight excluding hydrogens is 192 g/mol. The highest BCUT2D eigenvalue weighted by Crippen LogP contribution is 2.12. The lowest BCUT2D eigenvalue weighted by molar-refractivity contribution is -0.0269. The first-order valence-electron chi connectivity index (χ1n) is 5.18. The van der Waals surface area contributed by atoms with Gasteiger partial charge in [0, 0.05) is 12.6 Å². The average molecular weight is 212 g/mol. The number of aromatic nitrogens is 3. The highest BCUT2D eigenvalue weighted by molar-refractivity contribution is 4.85. The summed E-state index contributed by atoms with van der Waals surface area (Å²) in [4.78, 5) is 4.16. The van der Waals surface area contributed by atoms with Crippen LogP contribution >= 0.6 is 0 Å². The summed E-state index contributed by atoms with van der Waals surface area (Å²) in [5, 5.41) is 4.14.